The molecule has 0 amide bonds. The highest BCUT2D eigenvalue weighted by Gasteiger charge is 2.01. The van der Waals surface area contributed by atoms with E-state index in [1.807, 2.05) is 12.1 Å². The van der Waals surface area contributed by atoms with Crippen LogP contribution in [-0.4, -0.2) is 27.2 Å². The second-order valence-electron chi connectivity index (χ2n) is 3.32. The van der Waals surface area contributed by atoms with Crippen molar-refractivity contribution < 1.29 is 0 Å². The summed E-state index contributed by atoms with van der Waals surface area (Å²) in [5, 5.41) is 13.8. The van der Waals surface area contributed by atoms with Crippen LogP contribution in [0.2, 0.25) is 0 Å². The minimum absolute atomic E-state index is 0. The van der Waals surface area contributed by atoms with Crippen LogP contribution in [0.4, 0.5) is 0 Å². The van der Waals surface area contributed by atoms with Crippen molar-refractivity contribution in [2.24, 2.45) is 5.73 Å². The Morgan fingerprint density at radius 1 is 1.19 bits per heavy atom. The van der Waals surface area contributed by atoms with E-state index in [2.05, 4.69) is 32.8 Å². The molecule has 6 heteroatoms. The molecule has 0 bridgehead atoms. The maximum atomic E-state index is 5.45. The van der Waals surface area contributed by atoms with Gasteiger partial charge in [0.05, 0.1) is 0 Å². The molecule has 1 heterocycles. The molecular formula is C10H14ClN5. The molecule has 2 aromatic rings. The maximum Gasteiger partial charge on any atom is 0.204 e. The molecule has 16 heavy (non-hydrogen) atoms. The topological polar surface area (TPSA) is 80.5 Å². The molecule has 86 valence electrons. The van der Waals surface area contributed by atoms with Crippen LogP contribution in [0.3, 0.4) is 0 Å². The van der Waals surface area contributed by atoms with Gasteiger partial charge >= 0.3 is 0 Å². The Morgan fingerprint density at radius 3 is 2.50 bits per heavy atom. The first kappa shape index (κ1) is 12.6. The van der Waals surface area contributed by atoms with Gasteiger partial charge in [0, 0.05) is 5.56 Å². The van der Waals surface area contributed by atoms with E-state index in [0.717, 1.165) is 24.9 Å². The lowest BCUT2D eigenvalue weighted by atomic mass is 10.1. The molecule has 0 saturated heterocycles. The Labute approximate surface area is 99.8 Å². The molecule has 1 aromatic heterocycles. The van der Waals surface area contributed by atoms with Gasteiger partial charge in [-0.05, 0) is 30.2 Å². The number of nitrogens with one attached hydrogen (secondary N) is 1. The Kier molecular flexibility index (Phi) is 4.88. The number of rotatable bonds is 4. The SMILES string of the molecule is Cl.NCCCc1ccc(-c2nn[nH]n2)cc1. The number of nitrogens with two attached hydrogens (primary N) is 1. The third-order valence-electron chi connectivity index (χ3n) is 2.23. The van der Waals surface area contributed by atoms with Crippen LogP contribution in [-0.2, 0) is 6.42 Å². The molecule has 0 spiro atoms. The normalized spacial score (nSPS) is 9.81. The minimum atomic E-state index is 0. The van der Waals surface area contributed by atoms with E-state index in [1.165, 1.54) is 5.56 Å². The molecule has 0 fully saturated rings. The number of H-pyrrole nitrogens is 1. The second-order valence-corrected chi connectivity index (χ2v) is 3.32. The highest BCUT2D eigenvalue weighted by Crippen LogP contribution is 2.14. The molecule has 1 aromatic carbocycles. The smallest absolute Gasteiger partial charge is 0.204 e. The summed E-state index contributed by atoms with van der Waals surface area (Å²) < 4.78 is 0. The molecule has 0 aliphatic carbocycles. The highest BCUT2D eigenvalue weighted by atomic mass is 35.5. The van der Waals surface area contributed by atoms with Crippen LogP contribution in [0, 0.1) is 0 Å². The van der Waals surface area contributed by atoms with Gasteiger partial charge < -0.3 is 5.73 Å². The number of hydrogen-bond acceptors (Lipinski definition) is 4. The zero-order chi connectivity index (χ0) is 10.5. The van der Waals surface area contributed by atoms with Gasteiger partial charge in [0.1, 0.15) is 0 Å². The van der Waals surface area contributed by atoms with Crippen LogP contribution >= 0.6 is 12.4 Å². The van der Waals surface area contributed by atoms with Crippen molar-refractivity contribution in [3.05, 3.63) is 29.8 Å². The standard InChI is InChI=1S/C10H13N5.ClH/c11-7-1-2-8-3-5-9(6-4-8)10-12-14-15-13-10;/h3-6H,1-2,7,11H2,(H,12,13,14,15);1H. The number of aromatic amines is 1. The van der Waals surface area contributed by atoms with Crippen molar-refractivity contribution >= 4 is 12.4 Å². The highest BCUT2D eigenvalue weighted by molar-refractivity contribution is 5.85. The molecule has 3 N–H and O–H groups in total. The van der Waals surface area contributed by atoms with Crippen molar-refractivity contribution in [1.82, 2.24) is 20.6 Å². The largest absolute Gasteiger partial charge is 0.330 e. The van der Waals surface area contributed by atoms with Gasteiger partial charge in [-0.3, -0.25) is 0 Å². The molecule has 0 radical (unpaired) electrons. The third kappa shape index (κ3) is 3.01. The molecule has 0 aliphatic rings. The first-order chi connectivity index (χ1) is 7.40. The maximum absolute atomic E-state index is 5.45. The molecule has 5 nitrogen and oxygen atoms in total. The van der Waals surface area contributed by atoms with E-state index >= 15 is 0 Å². The summed E-state index contributed by atoms with van der Waals surface area (Å²) in [4.78, 5) is 0. The Balaban J connectivity index is 0.00000128. The van der Waals surface area contributed by atoms with Crippen molar-refractivity contribution in [3.8, 4) is 11.4 Å². The predicted molar refractivity (Wildman–Crippen MR) is 64.2 cm³/mol. The van der Waals surface area contributed by atoms with Crippen LogP contribution in [0.1, 0.15) is 12.0 Å². The number of tetrazole rings is 1. The molecular weight excluding hydrogens is 226 g/mol. The number of aromatic nitrogens is 4. The fourth-order valence-electron chi connectivity index (χ4n) is 1.41. The average molecular weight is 240 g/mol. The number of nitrogens with zero attached hydrogens (tertiary/aromatic N) is 3. The van der Waals surface area contributed by atoms with Gasteiger partial charge in [0.2, 0.25) is 5.82 Å². The molecule has 0 aliphatic heterocycles. The second kappa shape index (κ2) is 6.19. The van der Waals surface area contributed by atoms with Crippen molar-refractivity contribution in [2.45, 2.75) is 12.8 Å². The Hall–Kier alpha value is -1.46. The fourth-order valence-corrected chi connectivity index (χ4v) is 1.41. The van der Waals surface area contributed by atoms with E-state index in [4.69, 9.17) is 5.73 Å². The summed E-state index contributed by atoms with van der Waals surface area (Å²) in [7, 11) is 0. The fraction of sp³-hybridized carbons (Fsp3) is 0.300. The van der Waals surface area contributed by atoms with E-state index < -0.39 is 0 Å². The van der Waals surface area contributed by atoms with Crippen molar-refractivity contribution in [3.63, 3.8) is 0 Å². The predicted octanol–water partition coefficient (Wildman–Crippen LogP) is 1.18. The number of aryl methyl sites for hydroxylation is 1. The van der Waals surface area contributed by atoms with Crippen LogP contribution in [0.5, 0.6) is 0 Å². The van der Waals surface area contributed by atoms with Gasteiger partial charge in [-0.15, -0.1) is 22.6 Å². The van der Waals surface area contributed by atoms with E-state index in [0.29, 0.717) is 5.82 Å². The zero-order valence-corrected chi connectivity index (χ0v) is 9.57. The summed E-state index contributed by atoms with van der Waals surface area (Å²) in [6, 6.07) is 8.14. The summed E-state index contributed by atoms with van der Waals surface area (Å²) in [5.74, 6) is 0.625. The first-order valence-corrected chi connectivity index (χ1v) is 4.93. The lowest BCUT2D eigenvalue weighted by molar-refractivity contribution is 0.833. The Bertz CT molecular complexity index is 398. The van der Waals surface area contributed by atoms with E-state index in [9.17, 15) is 0 Å². The minimum Gasteiger partial charge on any atom is -0.330 e. The Morgan fingerprint density at radius 2 is 1.94 bits per heavy atom. The summed E-state index contributed by atoms with van der Waals surface area (Å²) in [6.07, 6.45) is 2.03. The first-order valence-electron chi connectivity index (χ1n) is 4.93. The van der Waals surface area contributed by atoms with Crippen LogP contribution in [0.25, 0.3) is 11.4 Å². The zero-order valence-electron chi connectivity index (χ0n) is 8.76. The quantitative estimate of drug-likeness (QED) is 0.840. The number of hydrogen-bond donors (Lipinski definition) is 2. The monoisotopic (exact) mass is 239 g/mol. The van der Waals surface area contributed by atoms with Gasteiger partial charge in [0.25, 0.3) is 0 Å². The van der Waals surface area contributed by atoms with Gasteiger partial charge in [0.15, 0.2) is 0 Å². The number of benzene rings is 1. The van der Waals surface area contributed by atoms with Crippen LogP contribution < -0.4 is 5.73 Å². The molecule has 0 atom stereocenters. The summed E-state index contributed by atoms with van der Waals surface area (Å²) in [6.45, 7) is 0.729. The lowest BCUT2D eigenvalue weighted by Gasteiger charge is -2.00. The van der Waals surface area contributed by atoms with Gasteiger partial charge in [-0.2, -0.15) is 5.21 Å². The van der Waals surface area contributed by atoms with Crippen LogP contribution in [0.15, 0.2) is 24.3 Å². The van der Waals surface area contributed by atoms with Gasteiger partial charge in [-0.25, -0.2) is 0 Å². The summed E-state index contributed by atoms with van der Waals surface area (Å²) in [5.41, 5.74) is 7.71. The lowest BCUT2D eigenvalue weighted by Crippen LogP contribution is -2.00. The van der Waals surface area contributed by atoms with E-state index in [-0.39, 0.29) is 12.4 Å². The average Bonchev–Trinajstić information content (AvgIpc) is 2.80. The molecule has 2 rings (SSSR count). The van der Waals surface area contributed by atoms with E-state index in [1.54, 1.807) is 0 Å². The van der Waals surface area contributed by atoms with Crippen molar-refractivity contribution in [2.75, 3.05) is 6.54 Å². The van der Waals surface area contributed by atoms with Gasteiger partial charge in [-0.1, -0.05) is 24.3 Å². The third-order valence-corrected chi connectivity index (χ3v) is 2.23. The van der Waals surface area contributed by atoms with Crippen molar-refractivity contribution in [1.29, 1.82) is 0 Å². The summed E-state index contributed by atoms with van der Waals surface area (Å²) >= 11 is 0. The molecule has 0 unspecified atom stereocenters. The molecule has 0 saturated carbocycles. The number of halogens is 1.